The minimum atomic E-state index is -0.553. The van der Waals surface area contributed by atoms with Gasteiger partial charge in [0.15, 0.2) is 6.61 Å². The van der Waals surface area contributed by atoms with Crippen LogP contribution in [0.4, 0.5) is 0 Å². The Morgan fingerprint density at radius 3 is 2.32 bits per heavy atom. The summed E-state index contributed by atoms with van der Waals surface area (Å²) in [6.45, 7) is 10.9. The molecule has 0 saturated carbocycles. The normalized spacial score (nSPS) is 12.2. The molecule has 1 atom stereocenters. The first-order valence-electron chi connectivity index (χ1n) is 10.7. The van der Waals surface area contributed by atoms with Gasteiger partial charge in [0.1, 0.15) is 11.8 Å². The molecule has 0 radical (unpaired) electrons. The molecule has 1 N–H and O–H groups in total. The van der Waals surface area contributed by atoms with Crippen LogP contribution in [0.15, 0.2) is 53.0 Å². The summed E-state index contributed by atoms with van der Waals surface area (Å²) in [4.78, 5) is 27.4. The predicted molar refractivity (Wildman–Crippen MR) is 128 cm³/mol. The van der Waals surface area contributed by atoms with Crippen LogP contribution in [-0.2, 0) is 21.5 Å². The van der Waals surface area contributed by atoms with Crippen LogP contribution in [0.1, 0.15) is 52.2 Å². The molecule has 0 aromatic heterocycles. The fourth-order valence-electron chi connectivity index (χ4n) is 3.30. The van der Waals surface area contributed by atoms with Crippen molar-refractivity contribution in [2.45, 2.75) is 59.0 Å². The van der Waals surface area contributed by atoms with Gasteiger partial charge in [0, 0.05) is 13.1 Å². The molecule has 0 aliphatic carbocycles. The smallest absolute Gasteiger partial charge is 0.261 e. The Morgan fingerprint density at radius 1 is 1.10 bits per heavy atom. The lowest BCUT2D eigenvalue weighted by atomic mass is 9.87. The Kier molecular flexibility index (Phi) is 9.11. The van der Waals surface area contributed by atoms with E-state index in [1.54, 1.807) is 4.90 Å². The zero-order valence-electron chi connectivity index (χ0n) is 19.1. The standard InChI is InChI=1S/C25H33BrN2O3/c1-6-21(24(30)27-7-2)28(16-18-11-9-8-10-12-18)23(29)17-31-22-14-13-19(15-20(22)26)25(3,4)5/h8-15,21H,6-7,16-17H2,1-5H3,(H,27,30)/t21-/m0/s1. The highest BCUT2D eigenvalue weighted by atomic mass is 79.9. The number of carbonyl (C=O) groups excluding carboxylic acids is 2. The summed E-state index contributed by atoms with van der Waals surface area (Å²) >= 11 is 3.55. The van der Waals surface area contributed by atoms with Crippen LogP contribution in [0.25, 0.3) is 0 Å². The average Bonchev–Trinajstić information content (AvgIpc) is 2.72. The molecule has 0 aliphatic rings. The quantitative estimate of drug-likeness (QED) is 0.535. The van der Waals surface area contributed by atoms with E-state index < -0.39 is 6.04 Å². The van der Waals surface area contributed by atoms with Crippen molar-refractivity contribution in [1.29, 1.82) is 0 Å². The molecule has 6 heteroatoms. The van der Waals surface area contributed by atoms with Crippen LogP contribution in [-0.4, -0.2) is 35.9 Å². The molecule has 2 amide bonds. The second-order valence-electron chi connectivity index (χ2n) is 8.51. The maximum atomic E-state index is 13.2. The van der Waals surface area contributed by atoms with E-state index in [9.17, 15) is 9.59 Å². The number of carbonyl (C=O) groups is 2. The first kappa shape index (κ1) is 24.9. The van der Waals surface area contributed by atoms with Crippen molar-refractivity contribution < 1.29 is 14.3 Å². The van der Waals surface area contributed by atoms with Crippen molar-refractivity contribution in [3.8, 4) is 5.75 Å². The van der Waals surface area contributed by atoms with E-state index in [0.717, 1.165) is 10.0 Å². The van der Waals surface area contributed by atoms with Gasteiger partial charge in [-0.15, -0.1) is 0 Å². The molecule has 31 heavy (non-hydrogen) atoms. The summed E-state index contributed by atoms with van der Waals surface area (Å²) in [5.41, 5.74) is 2.16. The number of hydrogen-bond donors (Lipinski definition) is 1. The van der Waals surface area contributed by atoms with E-state index in [1.165, 1.54) is 5.56 Å². The summed E-state index contributed by atoms with van der Waals surface area (Å²) < 4.78 is 6.65. The van der Waals surface area contributed by atoms with Crippen LogP contribution in [0.3, 0.4) is 0 Å². The molecule has 0 spiro atoms. The molecule has 0 fully saturated rings. The molecule has 0 aliphatic heterocycles. The lowest BCUT2D eigenvalue weighted by Gasteiger charge is -2.30. The maximum Gasteiger partial charge on any atom is 0.261 e. The zero-order chi connectivity index (χ0) is 23.0. The fraction of sp³-hybridized carbons (Fsp3) is 0.440. The zero-order valence-corrected chi connectivity index (χ0v) is 20.7. The number of halogens is 1. The lowest BCUT2D eigenvalue weighted by Crippen LogP contribution is -2.50. The van der Waals surface area contributed by atoms with Crippen molar-refractivity contribution in [2.24, 2.45) is 0 Å². The predicted octanol–water partition coefficient (Wildman–Crippen LogP) is 5.07. The van der Waals surface area contributed by atoms with Gasteiger partial charge in [0.05, 0.1) is 4.47 Å². The van der Waals surface area contributed by atoms with E-state index in [-0.39, 0.29) is 23.8 Å². The summed E-state index contributed by atoms with van der Waals surface area (Å²) in [7, 11) is 0. The molecule has 2 aromatic carbocycles. The number of hydrogen-bond acceptors (Lipinski definition) is 3. The maximum absolute atomic E-state index is 13.2. The van der Waals surface area contributed by atoms with E-state index in [0.29, 0.717) is 25.3 Å². The van der Waals surface area contributed by atoms with Crippen molar-refractivity contribution in [3.63, 3.8) is 0 Å². The number of likely N-dealkylation sites (N-methyl/N-ethyl adjacent to an activating group) is 1. The van der Waals surface area contributed by atoms with Crippen LogP contribution in [0.2, 0.25) is 0 Å². The summed E-state index contributed by atoms with van der Waals surface area (Å²) in [6, 6.07) is 15.0. The van der Waals surface area contributed by atoms with Gasteiger partial charge < -0.3 is 15.0 Å². The minimum absolute atomic E-state index is 0.0182. The van der Waals surface area contributed by atoms with E-state index >= 15 is 0 Å². The number of amides is 2. The van der Waals surface area contributed by atoms with Crippen molar-refractivity contribution in [3.05, 3.63) is 64.1 Å². The largest absolute Gasteiger partial charge is 0.483 e. The topological polar surface area (TPSA) is 58.6 Å². The monoisotopic (exact) mass is 488 g/mol. The molecule has 2 rings (SSSR count). The second kappa shape index (κ2) is 11.3. The lowest BCUT2D eigenvalue weighted by molar-refractivity contribution is -0.142. The third-order valence-electron chi connectivity index (χ3n) is 5.08. The number of ether oxygens (including phenoxy) is 1. The highest BCUT2D eigenvalue weighted by Gasteiger charge is 2.28. The van der Waals surface area contributed by atoms with Gasteiger partial charge >= 0.3 is 0 Å². The van der Waals surface area contributed by atoms with Gasteiger partial charge in [-0.3, -0.25) is 9.59 Å². The van der Waals surface area contributed by atoms with E-state index in [4.69, 9.17) is 4.74 Å². The Morgan fingerprint density at radius 2 is 1.77 bits per heavy atom. The Hall–Kier alpha value is -2.34. The van der Waals surface area contributed by atoms with Gasteiger partial charge in [-0.1, -0.05) is 64.1 Å². The van der Waals surface area contributed by atoms with E-state index in [1.807, 2.05) is 62.4 Å². The van der Waals surface area contributed by atoms with Crippen LogP contribution in [0, 0.1) is 0 Å². The summed E-state index contributed by atoms with van der Waals surface area (Å²) in [5, 5.41) is 2.84. The number of benzene rings is 2. The number of nitrogens with zero attached hydrogens (tertiary/aromatic N) is 1. The van der Waals surface area contributed by atoms with Gasteiger partial charge in [0.2, 0.25) is 5.91 Å². The van der Waals surface area contributed by atoms with Crippen molar-refractivity contribution in [1.82, 2.24) is 10.2 Å². The second-order valence-corrected chi connectivity index (χ2v) is 9.36. The Bertz CT molecular complexity index is 878. The molecule has 0 saturated heterocycles. The molecular weight excluding hydrogens is 456 g/mol. The highest BCUT2D eigenvalue weighted by Crippen LogP contribution is 2.31. The van der Waals surface area contributed by atoms with Crippen LogP contribution < -0.4 is 10.1 Å². The van der Waals surface area contributed by atoms with Crippen LogP contribution >= 0.6 is 15.9 Å². The molecule has 0 heterocycles. The van der Waals surface area contributed by atoms with Crippen LogP contribution in [0.5, 0.6) is 5.75 Å². The molecule has 2 aromatic rings. The van der Waals surface area contributed by atoms with Gasteiger partial charge in [-0.2, -0.15) is 0 Å². The molecule has 168 valence electrons. The average molecular weight is 489 g/mol. The Balaban J connectivity index is 2.19. The van der Waals surface area contributed by atoms with Gasteiger partial charge in [-0.25, -0.2) is 0 Å². The van der Waals surface area contributed by atoms with Gasteiger partial charge in [-0.05, 0) is 57.9 Å². The number of nitrogens with one attached hydrogen (secondary N) is 1. The van der Waals surface area contributed by atoms with E-state index in [2.05, 4.69) is 42.0 Å². The molecule has 0 bridgehead atoms. The fourth-order valence-corrected chi connectivity index (χ4v) is 3.79. The molecule has 0 unspecified atom stereocenters. The highest BCUT2D eigenvalue weighted by molar-refractivity contribution is 9.10. The first-order chi connectivity index (χ1) is 14.7. The first-order valence-corrected chi connectivity index (χ1v) is 11.5. The Labute approximate surface area is 194 Å². The third-order valence-corrected chi connectivity index (χ3v) is 5.70. The minimum Gasteiger partial charge on any atom is -0.483 e. The van der Waals surface area contributed by atoms with Gasteiger partial charge in [0.25, 0.3) is 5.91 Å². The third kappa shape index (κ3) is 7.10. The van der Waals surface area contributed by atoms with Crippen molar-refractivity contribution >= 4 is 27.7 Å². The molecular formula is C25H33BrN2O3. The molecule has 5 nitrogen and oxygen atoms in total. The number of rotatable bonds is 9. The SMILES string of the molecule is CCNC(=O)[C@H](CC)N(Cc1ccccc1)C(=O)COc1ccc(C(C)(C)C)cc1Br. The van der Waals surface area contributed by atoms with Crippen molar-refractivity contribution in [2.75, 3.05) is 13.2 Å². The summed E-state index contributed by atoms with van der Waals surface area (Å²) in [6.07, 6.45) is 0.522. The summed E-state index contributed by atoms with van der Waals surface area (Å²) in [5.74, 6) is 0.228.